The molecule has 1 aromatic rings. The molecule has 2 rings (SSSR count). The molecule has 1 aromatic carbocycles. The van der Waals surface area contributed by atoms with Gasteiger partial charge in [-0.15, -0.1) is 11.6 Å². The van der Waals surface area contributed by atoms with Crippen molar-refractivity contribution < 1.29 is 23.8 Å². The monoisotopic (exact) mass is 402 g/mol. The summed E-state index contributed by atoms with van der Waals surface area (Å²) in [5.74, 6) is -1.19. The fraction of sp³-hybridized carbons (Fsp3) is 0.579. The maximum absolute atomic E-state index is 12.6. The maximum atomic E-state index is 12.6. The standard InChI is InChI=1S/C19H24Cl2O5/c1-3-24-15-9-11-19(12-10-15,18(23)25-4-2)26-17(22)16(21)13-5-7-14(20)8-6-13/h5-8,15-16H,3-4,9-12H2,1-2H3. The summed E-state index contributed by atoms with van der Waals surface area (Å²) in [5, 5.41) is -0.480. The lowest BCUT2D eigenvalue weighted by atomic mass is 9.83. The van der Waals surface area contributed by atoms with Crippen molar-refractivity contribution in [3.63, 3.8) is 0 Å². The minimum Gasteiger partial charge on any atom is -0.463 e. The van der Waals surface area contributed by atoms with Gasteiger partial charge in [0.1, 0.15) is 0 Å². The summed E-state index contributed by atoms with van der Waals surface area (Å²) in [6.45, 7) is 4.47. The van der Waals surface area contributed by atoms with Crippen LogP contribution in [0.25, 0.3) is 0 Å². The van der Waals surface area contributed by atoms with Crippen LogP contribution in [-0.4, -0.2) is 36.9 Å². The van der Waals surface area contributed by atoms with Crippen LogP contribution in [-0.2, 0) is 23.8 Å². The molecule has 0 saturated heterocycles. The third kappa shape index (κ3) is 5.12. The molecule has 144 valence electrons. The summed E-state index contributed by atoms with van der Waals surface area (Å²) in [5.41, 5.74) is -0.747. The normalized spacial score (nSPS) is 23.9. The van der Waals surface area contributed by atoms with E-state index in [1.807, 2.05) is 6.92 Å². The largest absolute Gasteiger partial charge is 0.463 e. The zero-order chi connectivity index (χ0) is 19.2. The summed E-state index contributed by atoms with van der Waals surface area (Å²) >= 11 is 12.1. The Morgan fingerprint density at radius 3 is 2.31 bits per heavy atom. The van der Waals surface area contributed by atoms with Crippen LogP contribution in [0.15, 0.2) is 24.3 Å². The number of hydrogen-bond donors (Lipinski definition) is 0. The van der Waals surface area contributed by atoms with Gasteiger partial charge < -0.3 is 14.2 Å². The van der Waals surface area contributed by atoms with Gasteiger partial charge in [-0.2, -0.15) is 0 Å². The van der Waals surface area contributed by atoms with Gasteiger partial charge in [0.25, 0.3) is 0 Å². The van der Waals surface area contributed by atoms with Gasteiger partial charge in [0.05, 0.1) is 12.7 Å². The second kappa shape index (κ2) is 9.58. The highest BCUT2D eigenvalue weighted by molar-refractivity contribution is 6.31. The number of alkyl halides is 1. The van der Waals surface area contributed by atoms with Crippen LogP contribution >= 0.6 is 23.2 Å². The lowest BCUT2D eigenvalue weighted by Gasteiger charge is -2.37. The fourth-order valence-corrected chi connectivity index (χ4v) is 3.40. The zero-order valence-electron chi connectivity index (χ0n) is 15.0. The third-order valence-electron chi connectivity index (χ3n) is 4.46. The van der Waals surface area contributed by atoms with E-state index in [1.165, 1.54) is 0 Å². The number of rotatable bonds is 7. The second-order valence-corrected chi connectivity index (χ2v) is 7.08. The molecule has 1 unspecified atom stereocenters. The molecule has 0 bridgehead atoms. The van der Waals surface area contributed by atoms with Crippen molar-refractivity contribution in [3.05, 3.63) is 34.9 Å². The topological polar surface area (TPSA) is 61.8 Å². The lowest BCUT2D eigenvalue weighted by Crippen LogP contribution is -2.49. The molecule has 0 radical (unpaired) electrons. The molecular formula is C19H24Cl2O5. The molecule has 1 aliphatic rings. The number of ether oxygens (including phenoxy) is 3. The molecule has 1 fully saturated rings. The van der Waals surface area contributed by atoms with Crippen LogP contribution in [0.1, 0.15) is 50.5 Å². The highest BCUT2D eigenvalue weighted by atomic mass is 35.5. The zero-order valence-corrected chi connectivity index (χ0v) is 16.5. The quantitative estimate of drug-likeness (QED) is 0.498. The molecule has 0 amide bonds. The highest BCUT2D eigenvalue weighted by Gasteiger charge is 2.47. The van der Waals surface area contributed by atoms with E-state index >= 15 is 0 Å². The van der Waals surface area contributed by atoms with Crippen LogP contribution in [0.2, 0.25) is 5.02 Å². The van der Waals surface area contributed by atoms with Crippen LogP contribution < -0.4 is 0 Å². The molecular weight excluding hydrogens is 379 g/mol. The van der Waals surface area contributed by atoms with Gasteiger partial charge in [0, 0.05) is 24.5 Å². The van der Waals surface area contributed by atoms with Crippen molar-refractivity contribution >= 4 is 35.1 Å². The first-order chi connectivity index (χ1) is 12.4. The molecule has 1 aliphatic carbocycles. The van der Waals surface area contributed by atoms with E-state index in [-0.39, 0.29) is 12.7 Å². The van der Waals surface area contributed by atoms with Gasteiger partial charge in [0.15, 0.2) is 5.38 Å². The molecule has 26 heavy (non-hydrogen) atoms. The summed E-state index contributed by atoms with van der Waals surface area (Å²) in [7, 11) is 0. The van der Waals surface area contributed by atoms with Gasteiger partial charge >= 0.3 is 11.9 Å². The Morgan fingerprint density at radius 2 is 1.77 bits per heavy atom. The number of carbonyl (C=O) groups is 2. The predicted octanol–water partition coefficient (Wildman–Crippen LogP) is 4.44. The molecule has 0 N–H and O–H groups in total. The Kier molecular flexibility index (Phi) is 7.74. The Hall–Kier alpha value is -1.30. The summed E-state index contributed by atoms with van der Waals surface area (Å²) in [6.07, 6.45) is 2.00. The maximum Gasteiger partial charge on any atom is 0.350 e. The molecule has 1 saturated carbocycles. The smallest absolute Gasteiger partial charge is 0.350 e. The first kappa shape index (κ1) is 21.0. The molecule has 0 aliphatic heterocycles. The van der Waals surface area contributed by atoms with Gasteiger partial charge in [-0.05, 0) is 44.4 Å². The van der Waals surface area contributed by atoms with Gasteiger partial charge in [-0.3, -0.25) is 4.79 Å². The van der Waals surface area contributed by atoms with Crippen molar-refractivity contribution in [2.45, 2.75) is 56.6 Å². The Bertz CT molecular complexity index is 609. The van der Waals surface area contributed by atoms with E-state index in [2.05, 4.69) is 0 Å². The predicted molar refractivity (Wildman–Crippen MR) is 99.4 cm³/mol. The summed E-state index contributed by atoms with van der Waals surface area (Å²) < 4.78 is 16.4. The highest BCUT2D eigenvalue weighted by Crippen LogP contribution is 2.36. The molecule has 0 aromatic heterocycles. The van der Waals surface area contributed by atoms with Gasteiger partial charge in [-0.1, -0.05) is 23.7 Å². The van der Waals surface area contributed by atoms with Crippen molar-refractivity contribution in [1.29, 1.82) is 0 Å². The second-order valence-electron chi connectivity index (χ2n) is 6.20. The van der Waals surface area contributed by atoms with Crippen molar-refractivity contribution in [1.82, 2.24) is 0 Å². The minimum atomic E-state index is -1.31. The van der Waals surface area contributed by atoms with E-state index < -0.39 is 22.9 Å². The number of hydrogen-bond acceptors (Lipinski definition) is 5. The average Bonchev–Trinajstić information content (AvgIpc) is 2.64. The summed E-state index contributed by atoms with van der Waals surface area (Å²) in [4.78, 5) is 25.1. The number of halogens is 2. The Morgan fingerprint density at radius 1 is 1.15 bits per heavy atom. The fourth-order valence-electron chi connectivity index (χ4n) is 3.08. The van der Waals surface area contributed by atoms with Crippen LogP contribution in [0.4, 0.5) is 0 Å². The first-order valence-corrected chi connectivity index (χ1v) is 9.64. The van der Waals surface area contributed by atoms with E-state index in [1.54, 1.807) is 31.2 Å². The third-order valence-corrected chi connectivity index (χ3v) is 5.14. The SMILES string of the molecule is CCOC(=O)C1(OC(=O)C(Cl)c2ccc(Cl)cc2)CCC(OCC)CC1. The number of carbonyl (C=O) groups excluding carboxylic acids is 2. The Balaban J connectivity index is 2.12. The molecule has 7 heteroatoms. The lowest BCUT2D eigenvalue weighted by molar-refractivity contribution is -0.189. The van der Waals surface area contributed by atoms with Crippen LogP contribution in [0.5, 0.6) is 0 Å². The molecule has 0 heterocycles. The van der Waals surface area contributed by atoms with E-state index in [0.717, 1.165) is 0 Å². The minimum absolute atomic E-state index is 0.0596. The van der Waals surface area contributed by atoms with Gasteiger partial charge in [0.2, 0.25) is 5.60 Å². The Labute approximate surface area is 163 Å². The summed E-state index contributed by atoms with van der Waals surface area (Å²) in [6, 6.07) is 6.61. The van der Waals surface area contributed by atoms with Crippen molar-refractivity contribution in [2.24, 2.45) is 0 Å². The molecule has 0 spiro atoms. The van der Waals surface area contributed by atoms with Gasteiger partial charge in [-0.25, -0.2) is 4.79 Å². The van der Waals surface area contributed by atoms with E-state index in [4.69, 9.17) is 37.4 Å². The number of esters is 2. The van der Waals surface area contributed by atoms with E-state index in [9.17, 15) is 9.59 Å². The van der Waals surface area contributed by atoms with Crippen LogP contribution in [0.3, 0.4) is 0 Å². The number of benzene rings is 1. The first-order valence-electron chi connectivity index (χ1n) is 8.83. The molecule has 5 nitrogen and oxygen atoms in total. The molecule has 1 atom stereocenters. The van der Waals surface area contributed by atoms with Crippen molar-refractivity contribution in [2.75, 3.05) is 13.2 Å². The average molecular weight is 403 g/mol. The van der Waals surface area contributed by atoms with E-state index in [0.29, 0.717) is 42.9 Å². The van der Waals surface area contributed by atoms with Crippen LogP contribution in [0, 0.1) is 0 Å². The van der Waals surface area contributed by atoms with Crippen molar-refractivity contribution in [3.8, 4) is 0 Å².